The van der Waals surface area contributed by atoms with Gasteiger partial charge in [0.05, 0.1) is 6.10 Å². The maximum Gasteiger partial charge on any atom is 0.110 e. The molecule has 0 bridgehead atoms. The van der Waals surface area contributed by atoms with Crippen molar-refractivity contribution in [1.82, 2.24) is 0 Å². The number of hydrogen-bond acceptors (Lipinski definition) is 1. The van der Waals surface area contributed by atoms with Gasteiger partial charge in [0, 0.05) is 11.1 Å². The summed E-state index contributed by atoms with van der Waals surface area (Å²) in [4.78, 5) is 0. The third-order valence-electron chi connectivity index (χ3n) is 12.7. The molecule has 8 aromatic carbocycles. The predicted octanol–water partition coefficient (Wildman–Crippen LogP) is 16.4. The molecule has 1 heteroatoms. The third-order valence-corrected chi connectivity index (χ3v) is 12.7. The Balaban J connectivity index is 1.50. The molecule has 0 aromatic heterocycles. The first-order valence-electron chi connectivity index (χ1n) is 21.4. The Bertz CT molecular complexity index is 2520. The Morgan fingerprint density at radius 3 is 0.914 bits per heavy atom. The van der Waals surface area contributed by atoms with Crippen molar-refractivity contribution in [2.24, 2.45) is 0 Å². The van der Waals surface area contributed by atoms with E-state index in [0.717, 1.165) is 6.42 Å². The van der Waals surface area contributed by atoms with Gasteiger partial charge in [0.1, 0.15) is 6.10 Å². The smallest absolute Gasteiger partial charge is 0.110 e. The van der Waals surface area contributed by atoms with Crippen LogP contribution in [0.2, 0.25) is 0 Å². The van der Waals surface area contributed by atoms with Crippen LogP contribution >= 0.6 is 0 Å². The standard InChI is InChI=1S/C57H60O/c1-13-38(6)58-55(53-45-26-18-14-22-41(45)51(42-23-15-19-27-46(42)53)49-34(2)30-39(31-35(49)3)56(7,8)9)54-47-28-20-16-24-43(47)52(44-25-17-21-29-48(44)54)50-36(4)32-40(33-37(50)5)57(10,11)12/h14-33,38,55H,13H2,1-12H3. The van der Waals surface area contributed by atoms with Crippen LogP contribution < -0.4 is 0 Å². The first-order chi connectivity index (χ1) is 27.6. The molecule has 0 radical (unpaired) electrons. The summed E-state index contributed by atoms with van der Waals surface area (Å²) in [6, 6.07) is 46.0. The van der Waals surface area contributed by atoms with E-state index in [0.29, 0.717) is 0 Å². The molecular weight excluding hydrogens is 701 g/mol. The molecule has 0 amide bonds. The van der Waals surface area contributed by atoms with E-state index in [4.69, 9.17) is 4.74 Å². The average molecular weight is 761 g/mol. The van der Waals surface area contributed by atoms with Crippen LogP contribution in [0, 0.1) is 27.7 Å². The van der Waals surface area contributed by atoms with Crippen molar-refractivity contribution in [2.45, 2.75) is 113 Å². The summed E-state index contributed by atoms with van der Waals surface area (Å²) in [5, 5.41) is 10.0. The Morgan fingerprint density at radius 1 is 0.414 bits per heavy atom. The highest BCUT2D eigenvalue weighted by molar-refractivity contribution is 6.19. The minimum absolute atomic E-state index is 0.0308. The Morgan fingerprint density at radius 2 is 0.672 bits per heavy atom. The highest BCUT2D eigenvalue weighted by Gasteiger charge is 2.31. The van der Waals surface area contributed by atoms with Gasteiger partial charge in [0.25, 0.3) is 0 Å². The van der Waals surface area contributed by atoms with Crippen molar-refractivity contribution in [2.75, 3.05) is 0 Å². The molecule has 0 saturated heterocycles. The van der Waals surface area contributed by atoms with Crippen LogP contribution in [0.3, 0.4) is 0 Å². The maximum atomic E-state index is 7.50. The molecule has 0 heterocycles. The van der Waals surface area contributed by atoms with Gasteiger partial charge in [0.2, 0.25) is 0 Å². The van der Waals surface area contributed by atoms with E-state index in [1.54, 1.807) is 0 Å². The summed E-state index contributed by atoms with van der Waals surface area (Å²) >= 11 is 0. The molecule has 8 aromatic rings. The molecule has 0 spiro atoms. The quantitative estimate of drug-likeness (QED) is 0.147. The van der Waals surface area contributed by atoms with Gasteiger partial charge in [-0.05, 0) is 151 Å². The Hall–Kier alpha value is -5.24. The lowest BCUT2D eigenvalue weighted by molar-refractivity contribution is 0.0203. The fourth-order valence-electron chi connectivity index (χ4n) is 9.62. The van der Waals surface area contributed by atoms with E-state index in [1.165, 1.54) is 110 Å². The predicted molar refractivity (Wildman–Crippen MR) is 253 cm³/mol. The van der Waals surface area contributed by atoms with Gasteiger partial charge in [-0.3, -0.25) is 0 Å². The summed E-state index contributed by atoms with van der Waals surface area (Å²) < 4.78 is 7.50. The van der Waals surface area contributed by atoms with Crippen molar-refractivity contribution in [1.29, 1.82) is 0 Å². The summed E-state index contributed by atoms with van der Waals surface area (Å²) in [7, 11) is 0. The van der Waals surface area contributed by atoms with E-state index in [-0.39, 0.29) is 23.0 Å². The zero-order valence-electron chi connectivity index (χ0n) is 36.8. The normalized spacial score (nSPS) is 13.1. The van der Waals surface area contributed by atoms with Crippen LogP contribution in [-0.4, -0.2) is 6.10 Å². The van der Waals surface area contributed by atoms with E-state index < -0.39 is 0 Å². The third kappa shape index (κ3) is 6.72. The fourth-order valence-corrected chi connectivity index (χ4v) is 9.62. The van der Waals surface area contributed by atoms with Crippen LogP contribution in [0.4, 0.5) is 0 Å². The molecule has 1 unspecified atom stereocenters. The van der Waals surface area contributed by atoms with Crippen LogP contribution in [0.15, 0.2) is 121 Å². The number of benzene rings is 8. The number of ether oxygens (including phenoxy) is 1. The second-order valence-corrected chi connectivity index (χ2v) is 19.0. The molecule has 0 aliphatic carbocycles. The highest BCUT2D eigenvalue weighted by atomic mass is 16.5. The van der Waals surface area contributed by atoms with Gasteiger partial charge < -0.3 is 4.74 Å². The topological polar surface area (TPSA) is 9.23 Å². The highest BCUT2D eigenvalue weighted by Crippen LogP contribution is 2.51. The summed E-state index contributed by atoms with van der Waals surface area (Å²) in [6.07, 6.45) is 0.608. The minimum Gasteiger partial charge on any atom is -0.366 e. The van der Waals surface area contributed by atoms with Crippen molar-refractivity contribution in [3.05, 3.63) is 166 Å². The van der Waals surface area contributed by atoms with Gasteiger partial charge in [-0.2, -0.15) is 0 Å². The van der Waals surface area contributed by atoms with E-state index in [9.17, 15) is 0 Å². The minimum atomic E-state index is -0.335. The first-order valence-corrected chi connectivity index (χ1v) is 21.4. The van der Waals surface area contributed by atoms with E-state index >= 15 is 0 Å². The van der Waals surface area contributed by atoms with Crippen molar-refractivity contribution >= 4 is 43.1 Å². The fraction of sp³-hybridized carbons (Fsp3) is 0.298. The van der Waals surface area contributed by atoms with Crippen LogP contribution in [0.1, 0.15) is 112 Å². The SMILES string of the molecule is CCC(C)OC(c1c2ccccc2c(-c2c(C)cc(C(C)(C)C)cc2C)c2ccccc12)c1c2ccccc2c(-c2c(C)cc(C(C)(C)C)cc2C)c2ccccc12. The summed E-state index contributed by atoms with van der Waals surface area (Å²) in [5.74, 6) is 0. The molecule has 8 rings (SSSR count). The molecule has 1 nitrogen and oxygen atoms in total. The van der Waals surface area contributed by atoms with Gasteiger partial charge in [0.15, 0.2) is 0 Å². The Kier molecular flexibility index (Phi) is 10.1. The molecule has 0 aliphatic heterocycles. The molecule has 294 valence electrons. The van der Waals surface area contributed by atoms with Crippen LogP contribution in [0.25, 0.3) is 65.3 Å². The molecular formula is C57H60O. The van der Waals surface area contributed by atoms with Gasteiger partial charge in [-0.15, -0.1) is 0 Å². The molecule has 0 fully saturated rings. The number of hydrogen-bond donors (Lipinski definition) is 0. The lowest BCUT2D eigenvalue weighted by atomic mass is 9.78. The lowest BCUT2D eigenvalue weighted by Gasteiger charge is -2.30. The zero-order chi connectivity index (χ0) is 41.3. The second-order valence-electron chi connectivity index (χ2n) is 19.0. The van der Waals surface area contributed by atoms with Gasteiger partial charge in [-0.25, -0.2) is 0 Å². The zero-order valence-corrected chi connectivity index (χ0v) is 36.8. The van der Waals surface area contributed by atoms with Gasteiger partial charge in [-0.1, -0.05) is 170 Å². The molecule has 58 heavy (non-hydrogen) atoms. The Labute approximate surface area is 347 Å². The molecule has 0 N–H and O–H groups in total. The molecule has 0 aliphatic rings. The number of fused-ring (bicyclic) bond motifs is 4. The monoisotopic (exact) mass is 760 g/mol. The van der Waals surface area contributed by atoms with Crippen molar-refractivity contribution in [3.8, 4) is 22.3 Å². The van der Waals surface area contributed by atoms with E-state index in [1.807, 2.05) is 0 Å². The van der Waals surface area contributed by atoms with Gasteiger partial charge >= 0.3 is 0 Å². The first kappa shape index (κ1) is 39.6. The lowest BCUT2D eigenvalue weighted by Crippen LogP contribution is -2.16. The maximum absolute atomic E-state index is 7.50. The molecule has 1 atom stereocenters. The van der Waals surface area contributed by atoms with Crippen molar-refractivity contribution in [3.63, 3.8) is 0 Å². The van der Waals surface area contributed by atoms with Crippen molar-refractivity contribution < 1.29 is 4.74 Å². The average Bonchev–Trinajstić information content (AvgIpc) is 3.18. The largest absolute Gasteiger partial charge is 0.366 e. The molecule has 0 saturated carbocycles. The van der Waals surface area contributed by atoms with E-state index in [2.05, 4.69) is 204 Å². The summed E-state index contributed by atoms with van der Waals surface area (Å²) in [5.41, 5.74) is 15.9. The second kappa shape index (κ2) is 14.9. The van der Waals surface area contributed by atoms with Crippen LogP contribution in [0.5, 0.6) is 0 Å². The number of aryl methyl sites for hydroxylation is 4. The number of rotatable bonds is 7. The summed E-state index contributed by atoms with van der Waals surface area (Å²) in [6.45, 7) is 27.5. The van der Waals surface area contributed by atoms with Crippen LogP contribution in [-0.2, 0) is 15.6 Å².